The molecule has 0 radical (unpaired) electrons. The predicted molar refractivity (Wildman–Crippen MR) is 136 cm³/mol. The first-order chi connectivity index (χ1) is 16.3. The third-order valence-electron chi connectivity index (χ3n) is 5.55. The molecule has 1 saturated heterocycles. The Morgan fingerprint density at radius 1 is 1.15 bits per heavy atom. The number of aromatic nitrogens is 1. The molecule has 2 heterocycles. The van der Waals surface area contributed by atoms with Gasteiger partial charge in [-0.3, -0.25) is 9.69 Å². The normalized spacial score (nSPS) is 14.9. The highest BCUT2D eigenvalue weighted by molar-refractivity contribution is 7.92. The summed E-state index contributed by atoms with van der Waals surface area (Å²) in [4.78, 5) is 21.6. The summed E-state index contributed by atoms with van der Waals surface area (Å²) in [7, 11) is -3.69. The van der Waals surface area contributed by atoms with Crippen molar-refractivity contribution in [3.8, 4) is 5.75 Å². The van der Waals surface area contributed by atoms with Crippen molar-refractivity contribution in [1.82, 2.24) is 15.2 Å². The van der Waals surface area contributed by atoms with Crippen LogP contribution in [0.4, 0.5) is 5.13 Å². The number of carbonyl (C=O) groups excluding carboxylic acids is 1. The predicted octanol–water partition coefficient (Wildman–Crippen LogP) is 3.06. The smallest absolute Gasteiger partial charge is 0.235 e. The van der Waals surface area contributed by atoms with Gasteiger partial charge in [0.15, 0.2) is 15.0 Å². The van der Waals surface area contributed by atoms with E-state index in [0.717, 1.165) is 47.3 Å². The SMILES string of the molecule is CCOc1ccc2nc(N3CCN(CCNC(=O)CS(=O)(=O)c4ccc(Cl)cc4)CC3)sc2c1. The van der Waals surface area contributed by atoms with Gasteiger partial charge >= 0.3 is 0 Å². The van der Waals surface area contributed by atoms with Crippen LogP contribution in [0.25, 0.3) is 10.2 Å². The van der Waals surface area contributed by atoms with Crippen LogP contribution >= 0.6 is 22.9 Å². The Kier molecular flexibility index (Phi) is 7.92. The zero-order chi connectivity index (χ0) is 24.1. The van der Waals surface area contributed by atoms with Gasteiger partial charge in [-0.1, -0.05) is 22.9 Å². The van der Waals surface area contributed by atoms with Crippen molar-refractivity contribution in [2.75, 3.05) is 56.5 Å². The number of ether oxygens (including phenoxy) is 1. The zero-order valence-corrected chi connectivity index (χ0v) is 21.3. The number of thiazole rings is 1. The third kappa shape index (κ3) is 6.18. The molecule has 0 unspecified atom stereocenters. The highest BCUT2D eigenvalue weighted by Crippen LogP contribution is 2.32. The summed E-state index contributed by atoms with van der Waals surface area (Å²) in [5, 5.41) is 4.17. The standard InChI is InChI=1S/C23H27ClN4O4S2/c1-2-32-18-5-8-20-21(15-18)33-23(26-20)28-13-11-27(12-14-28)10-9-25-22(29)16-34(30,31)19-6-3-17(24)4-7-19/h3-8,15H,2,9-14,16H2,1H3,(H,25,29). The van der Waals surface area contributed by atoms with Crippen molar-refractivity contribution >= 4 is 54.0 Å². The minimum absolute atomic E-state index is 0.0899. The summed E-state index contributed by atoms with van der Waals surface area (Å²) in [5.74, 6) is -0.224. The zero-order valence-electron chi connectivity index (χ0n) is 18.9. The average molecular weight is 523 g/mol. The number of piperazine rings is 1. The first-order valence-electron chi connectivity index (χ1n) is 11.1. The molecule has 1 aromatic heterocycles. The number of hydrogen-bond acceptors (Lipinski definition) is 8. The van der Waals surface area contributed by atoms with Crippen molar-refractivity contribution in [2.24, 2.45) is 0 Å². The largest absolute Gasteiger partial charge is 0.494 e. The lowest BCUT2D eigenvalue weighted by atomic mass is 10.3. The molecule has 2 aromatic carbocycles. The second kappa shape index (κ2) is 10.9. The maximum Gasteiger partial charge on any atom is 0.235 e. The van der Waals surface area contributed by atoms with E-state index in [2.05, 4.69) is 15.1 Å². The molecule has 8 nitrogen and oxygen atoms in total. The van der Waals surface area contributed by atoms with Crippen molar-refractivity contribution in [3.63, 3.8) is 0 Å². The molecule has 1 N–H and O–H groups in total. The lowest BCUT2D eigenvalue weighted by Crippen LogP contribution is -2.48. The number of rotatable bonds is 9. The van der Waals surface area contributed by atoms with E-state index in [1.54, 1.807) is 11.3 Å². The molecule has 1 amide bonds. The summed E-state index contributed by atoms with van der Waals surface area (Å²) in [6.07, 6.45) is 0. The molecule has 11 heteroatoms. The molecule has 34 heavy (non-hydrogen) atoms. The van der Waals surface area contributed by atoms with Crippen molar-refractivity contribution in [3.05, 3.63) is 47.5 Å². The topological polar surface area (TPSA) is 91.8 Å². The van der Waals surface area contributed by atoms with Crippen LogP contribution in [-0.4, -0.2) is 75.8 Å². The molecule has 1 aliphatic heterocycles. The number of anilines is 1. The van der Waals surface area contributed by atoms with Gasteiger partial charge in [-0.15, -0.1) is 0 Å². The average Bonchev–Trinajstić information content (AvgIpc) is 3.23. The Morgan fingerprint density at radius 2 is 1.88 bits per heavy atom. The monoisotopic (exact) mass is 522 g/mol. The van der Waals surface area contributed by atoms with Gasteiger partial charge in [-0.25, -0.2) is 13.4 Å². The second-order valence-electron chi connectivity index (χ2n) is 7.95. The fraction of sp³-hybridized carbons (Fsp3) is 0.391. The van der Waals surface area contributed by atoms with Gasteiger partial charge in [0.2, 0.25) is 5.91 Å². The van der Waals surface area contributed by atoms with Crippen LogP contribution in [0.5, 0.6) is 5.75 Å². The van der Waals surface area contributed by atoms with Crippen LogP contribution < -0.4 is 15.0 Å². The van der Waals surface area contributed by atoms with Crippen LogP contribution in [0, 0.1) is 0 Å². The van der Waals surface area contributed by atoms with Gasteiger partial charge in [0.05, 0.1) is 21.7 Å². The van der Waals surface area contributed by atoms with Crippen LogP contribution in [0.1, 0.15) is 6.92 Å². The summed E-state index contributed by atoms with van der Waals surface area (Å²) < 4.78 is 31.4. The van der Waals surface area contributed by atoms with Gasteiger partial charge < -0.3 is 15.0 Å². The van der Waals surface area contributed by atoms with Crippen molar-refractivity contribution in [2.45, 2.75) is 11.8 Å². The van der Waals surface area contributed by atoms with Gasteiger partial charge in [0, 0.05) is 44.3 Å². The summed E-state index contributed by atoms with van der Waals surface area (Å²) in [6.45, 7) is 7.05. The molecule has 0 aliphatic carbocycles. The summed E-state index contributed by atoms with van der Waals surface area (Å²) in [6, 6.07) is 11.8. The number of halogens is 1. The first-order valence-corrected chi connectivity index (χ1v) is 13.9. The highest BCUT2D eigenvalue weighted by atomic mass is 35.5. The van der Waals surface area contributed by atoms with Crippen LogP contribution in [0.3, 0.4) is 0 Å². The number of benzene rings is 2. The number of sulfone groups is 1. The van der Waals surface area contributed by atoms with Crippen molar-refractivity contribution in [1.29, 1.82) is 0 Å². The molecular formula is C23H27ClN4O4S2. The molecule has 1 fully saturated rings. The Bertz CT molecular complexity index is 1240. The highest BCUT2D eigenvalue weighted by Gasteiger charge is 2.21. The Labute approximate surface area is 208 Å². The first kappa shape index (κ1) is 24.7. The maximum atomic E-state index is 12.4. The van der Waals surface area contributed by atoms with E-state index in [-0.39, 0.29) is 4.90 Å². The molecule has 1 aliphatic rings. The number of amides is 1. The lowest BCUT2D eigenvalue weighted by Gasteiger charge is -2.34. The van der Waals surface area contributed by atoms with Gasteiger partial charge in [-0.05, 0) is 49.4 Å². The Morgan fingerprint density at radius 3 is 2.59 bits per heavy atom. The van der Waals surface area contributed by atoms with Gasteiger partial charge in [0.1, 0.15) is 11.5 Å². The Balaban J connectivity index is 1.22. The van der Waals surface area contributed by atoms with E-state index in [9.17, 15) is 13.2 Å². The quantitative estimate of drug-likeness (QED) is 0.461. The molecule has 0 bridgehead atoms. The van der Waals surface area contributed by atoms with Crippen LogP contribution in [-0.2, 0) is 14.6 Å². The number of hydrogen-bond donors (Lipinski definition) is 1. The minimum atomic E-state index is -3.69. The fourth-order valence-electron chi connectivity index (χ4n) is 3.75. The van der Waals surface area contributed by atoms with E-state index in [1.165, 1.54) is 24.3 Å². The second-order valence-corrected chi connectivity index (χ2v) is 11.4. The van der Waals surface area contributed by atoms with E-state index in [0.29, 0.717) is 24.7 Å². The van der Waals surface area contributed by atoms with Crippen LogP contribution in [0.15, 0.2) is 47.4 Å². The van der Waals surface area contributed by atoms with E-state index in [1.807, 2.05) is 25.1 Å². The van der Waals surface area contributed by atoms with E-state index in [4.69, 9.17) is 21.3 Å². The molecule has 0 atom stereocenters. The van der Waals surface area contributed by atoms with E-state index >= 15 is 0 Å². The van der Waals surface area contributed by atoms with Crippen molar-refractivity contribution < 1.29 is 17.9 Å². The minimum Gasteiger partial charge on any atom is -0.494 e. The molecule has 0 spiro atoms. The van der Waals surface area contributed by atoms with Crippen LogP contribution in [0.2, 0.25) is 5.02 Å². The number of nitrogens with zero attached hydrogens (tertiary/aromatic N) is 3. The molecule has 0 saturated carbocycles. The Hall–Kier alpha value is -2.40. The van der Waals surface area contributed by atoms with E-state index < -0.39 is 21.5 Å². The summed E-state index contributed by atoms with van der Waals surface area (Å²) in [5.41, 5.74) is 0.974. The molecular weight excluding hydrogens is 496 g/mol. The molecule has 182 valence electrons. The fourth-order valence-corrected chi connectivity index (χ4v) is 6.09. The number of nitrogens with one attached hydrogen (secondary N) is 1. The van der Waals surface area contributed by atoms with Gasteiger partial charge in [-0.2, -0.15) is 0 Å². The van der Waals surface area contributed by atoms with Gasteiger partial charge in [0.25, 0.3) is 0 Å². The number of fused-ring (bicyclic) bond motifs is 1. The number of carbonyl (C=O) groups is 1. The maximum absolute atomic E-state index is 12.4. The summed E-state index contributed by atoms with van der Waals surface area (Å²) >= 11 is 7.47. The molecule has 3 aromatic rings. The lowest BCUT2D eigenvalue weighted by molar-refractivity contribution is -0.118. The molecule has 4 rings (SSSR count). The third-order valence-corrected chi connectivity index (χ3v) is 8.51.